The van der Waals surface area contributed by atoms with Gasteiger partial charge in [-0.05, 0) is 53.5 Å². The number of carboxylic acid groups (broad SMARTS) is 1. The molecule has 1 unspecified atom stereocenters. The molecule has 1 atom stereocenters. The van der Waals surface area contributed by atoms with Crippen molar-refractivity contribution in [3.05, 3.63) is 34.1 Å². The van der Waals surface area contributed by atoms with Gasteiger partial charge < -0.3 is 5.11 Å². The topological polar surface area (TPSA) is 40.5 Å². The predicted molar refractivity (Wildman–Crippen MR) is 72.0 cm³/mol. The molecular weight excluding hydrogens is 301 g/mol. The highest BCUT2D eigenvalue weighted by Crippen LogP contribution is 2.25. The largest absolute Gasteiger partial charge is 0.480 e. The molecular formula is C13H17BrFNO2. The quantitative estimate of drug-likeness (QED) is 0.873. The highest BCUT2D eigenvalue weighted by Gasteiger charge is 2.18. The molecule has 18 heavy (non-hydrogen) atoms. The summed E-state index contributed by atoms with van der Waals surface area (Å²) in [7, 11) is 0. The minimum Gasteiger partial charge on any atom is -0.480 e. The number of carbonyl (C=O) groups is 1. The lowest BCUT2D eigenvalue weighted by molar-refractivity contribution is -0.138. The molecule has 0 fully saturated rings. The first kappa shape index (κ1) is 15.1. The van der Waals surface area contributed by atoms with Crippen molar-refractivity contribution >= 4 is 21.9 Å². The van der Waals surface area contributed by atoms with Crippen molar-refractivity contribution in [3.63, 3.8) is 0 Å². The molecule has 5 heteroatoms. The summed E-state index contributed by atoms with van der Waals surface area (Å²) in [6.07, 6.45) is 0.875. The summed E-state index contributed by atoms with van der Waals surface area (Å²) >= 11 is 3.14. The van der Waals surface area contributed by atoms with Crippen molar-refractivity contribution in [1.29, 1.82) is 0 Å². The fraction of sp³-hybridized carbons (Fsp3) is 0.462. The number of hydrogen-bond acceptors (Lipinski definition) is 2. The van der Waals surface area contributed by atoms with Crippen LogP contribution in [-0.2, 0) is 4.79 Å². The van der Waals surface area contributed by atoms with Crippen molar-refractivity contribution in [1.82, 2.24) is 4.90 Å². The van der Waals surface area contributed by atoms with E-state index in [1.807, 2.05) is 18.7 Å². The SMILES string of the molecule is CCCN(CC(=O)O)C(C)c1ccc(F)c(Br)c1. The molecule has 0 aromatic heterocycles. The van der Waals surface area contributed by atoms with E-state index in [1.54, 1.807) is 12.1 Å². The number of nitrogens with zero attached hydrogens (tertiary/aromatic N) is 1. The molecule has 3 nitrogen and oxygen atoms in total. The zero-order valence-electron chi connectivity index (χ0n) is 10.5. The van der Waals surface area contributed by atoms with Crippen molar-refractivity contribution < 1.29 is 14.3 Å². The van der Waals surface area contributed by atoms with Crippen LogP contribution in [0.5, 0.6) is 0 Å². The first-order valence-electron chi connectivity index (χ1n) is 5.86. The van der Waals surface area contributed by atoms with Crippen LogP contribution in [0.2, 0.25) is 0 Å². The first-order valence-corrected chi connectivity index (χ1v) is 6.65. The molecule has 1 aromatic rings. The van der Waals surface area contributed by atoms with Crippen LogP contribution in [-0.4, -0.2) is 29.1 Å². The maximum atomic E-state index is 13.2. The lowest BCUT2D eigenvalue weighted by Gasteiger charge is -2.27. The van der Waals surface area contributed by atoms with Crippen LogP contribution in [0.3, 0.4) is 0 Å². The minimum atomic E-state index is -0.850. The lowest BCUT2D eigenvalue weighted by Crippen LogP contribution is -2.33. The van der Waals surface area contributed by atoms with E-state index in [-0.39, 0.29) is 18.4 Å². The molecule has 0 aliphatic carbocycles. The van der Waals surface area contributed by atoms with Crippen LogP contribution in [0.15, 0.2) is 22.7 Å². The molecule has 100 valence electrons. The number of carboxylic acids is 1. The summed E-state index contributed by atoms with van der Waals surface area (Å²) in [5, 5.41) is 8.89. The summed E-state index contributed by atoms with van der Waals surface area (Å²) in [6, 6.07) is 4.72. The molecule has 0 heterocycles. The number of benzene rings is 1. The van der Waals surface area contributed by atoms with E-state index in [2.05, 4.69) is 15.9 Å². The summed E-state index contributed by atoms with van der Waals surface area (Å²) in [6.45, 7) is 4.62. The predicted octanol–water partition coefficient (Wildman–Crippen LogP) is 3.45. The van der Waals surface area contributed by atoms with Gasteiger partial charge in [0.25, 0.3) is 0 Å². The molecule has 0 saturated carbocycles. The van der Waals surface area contributed by atoms with Gasteiger partial charge in [-0.15, -0.1) is 0 Å². The van der Waals surface area contributed by atoms with Crippen LogP contribution in [0.1, 0.15) is 31.9 Å². The summed E-state index contributed by atoms with van der Waals surface area (Å²) < 4.78 is 13.6. The summed E-state index contributed by atoms with van der Waals surface area (Å²) in [4.78, 5) is 12.7. The van der Waals surface area contributed by atoms with Gasteiger partial charge in [0.05, 0.1) is 11.0 Å². The van der Waals surface area contributed by atoms with Gasteiger partial charge in [0.15, 0.2) is 0 Å². The van der Waals surface area contributed by atoms with Crippen LogP contribution < -0.4 is 0 Å². The standard InChI is InChI=1S/C13H17BrFNO2/c1-3-6-16(8-13(17)18)9(2)10-4-5-12(15)11(14)7-10/h4-5,7,9H,3,6,8H2,1-2H3,(H,17,18). The van der Waals surface area contributed by atoms with E-state index in [1.165, 1.54) is 6.07 Å². The molecule has 0 radical (unpaired) electrons. The molecule has 0 saturated heterocycles. The third-order valence-electron chi connectivity index (χ3n) is 2.82. The molecule has 0 amide bonds. The van der Waals surface area contributed by atoms with E-state index in [4.69, 9.17) is 5.11 Å². The molecule has 1 rings (SSSR count). The molecule has 0 bridgehead atoms. The van der Waals surface area contributed by atoms with Crippen molar-refractivity contribution in [2.45, 2.75) is 26.3 Å². The lowest BCUT2D eigenvalue weighted by atomic mass is 10.1. The normalized spacial score (nSPS) is 12.7. The summed E-state index contributed by atoms with van der Waals surface area (Å²) in [5.74, 6) is -1.16. The molecule has 1 N–H and O–H groups in total. The Morgan fingerprint density at radius 2 is 2.22 bits per heavy atom. The minimum absolute atomic E-state index is 0.00992. The third kappa shape index (κ3) is 4.07. The Morgan fingerprint density at radius 1 is 1.56 bits per heavy atom. The highest BCUT2D eigenvalue weighted by molar-refractivity contribution is 9.10. The van der Waals surface area contributed by atoms with Crippen LogP contribution in [0.4, 0.5) is 4.39 Å². The Bertz CT molecular complexity index is 425. The van der Waals surface area contributed by atoms with Gasteiger partial charge in [0.1, 0.15) is 5.82 Å². The Kier molecular flexibility index (Phi) is 5.75. The molecule has 1 aromatic carbocycles. The van der Waals surface area contributed by atoms with E-state index in [0.717, 1.165) is 12.0 Å². The fourth-order valence-electron chi connectivity index (χ4n) is 1.85. The number of aliphatic carboxylic acids is 1. The van der Waals surface area contributed by atoms with Gasteiger partial charge in [0, 0.05) is 6.04 Å². The van der Waals surface area contributed by atoms with Gasteiger partial charge >= 0.3 is 5.97 Å². The second-order valence-corrected chi connectivity index (χ2v) is 5.07. The van der Waals surface area contributed by atoms with Crippen LogP contribution in [0.25, 0.3) is 0 Å². The number of halogens is 2. The van der Waals surface area contributed by atoms with Crippen LogP contribution in [0, 0.1) is 5.82 Å². The maximum Gasteiger partial charge on any atom is 0.317 e. The number of hydrogen-bond donors (Lipinski definition) is 1. The van der Waals surface area contributed by atoms with Crippen molar-refractivity contribution in [2.24, 2.45) is 0 Å². The highest BCUT2D eigenvalue weighted by atomic mass is 79.9. The van der Waals surface area contributed by atoms with Gasteiger partial charge in [-0.1, -0.05) is 13.0 Å². The second-order valence-electron chi connectivity index (χ2n) is 4.21. The van der Waals surface area contributed by atoms with Gasteiger partial charge in [0.2, 0.25) is 0 Å². The average molecular weight is 318 g/mol. The zero-order valence-corrected chi connectivity index (χ0v) is 12.1. The third-order valence-corrected chi connectivity index (χ3v) is 3.43. The van der Waals surface area contributed by atoms with E-state index in [0.29, 0.717) is 11.0 Å². The maximum absolute atomic E-state index is 13.2. The monoisotopic (exact) mass is 317 g/mol. The Balaban J connectivity index is 2.89. The second kappa shape index (κ2) is 6.85. The Hall–Kier alpha value is -0.940. The Labute approximate surface area is 115 Å². The summed E-state index contributed by atoms with van der Waals surface area (Å²) in [5.41, 5.74) is 0.901. The molecule has 0 aliphatic heterocycles. The van der Waals surface area contributed by atoms with E-state index < -0.39 is 5.97 Å². The van der Waals surface area contributed by atoms with Crippen molar-refractivity contribution in [2.75, 3.05) is 13.1 Å². The smallest absolute Gasteiger partial charge is 0.317 e. The van der Waals surface area contributed by atoms with Crippen molar-refractivity contribution in [3.8, 4) is 0 Å². The Morgan fingerprint density at radius 3 is 2.72 bits per heavy atom. The molecule has 0 spiro atoms. The van der Waals surface area contributed by atoms with Gasteiger partial charge in [-0.2, -0.15) is 0 Å². The van der Waals surface area contributed by atoms with Gasteiger partial charge in [-0.25, -0.2) is 4.39 Å². The average Bonchev–Trinajstić information content (AvgIpc) is 2.31. The van der Waals surface area contributed by atoms with Gasteiger partial charge in [-0.3, -0.25) is 9.69 Å². The first-order chi connectivity index (χ1) is 8.45. The molecule has 0 aliphatic rings. The van der Waals surface area contributed by atoms with Crippen LogP contribution >= 0.6 is 15.9 Å². The fourth-order valence-corrected chi connectivity index (χ4v) is 2.25. The number of rotatable bonds is 6. The van der Waals surface area contributed by atoms with E-state index in [9.17, 15) is 9.18 Å². The van der Waals surface area contributed by atoms with E-state index >= 15 is 0 Å². The zero-order chi connectivity index (χ0) is 13.7.